The molecular formula is C11H25N. The topological polar surface area (TPSA) is 26.0 Å². The van der Waals surface area contributed by atoms with Crippen molar-refractivity contribution >= 4 is 0 Å². The van der Waals surface area contributed by atoms with E-state index in [0.717, 1.165) is 6.42 Å². The fourth-order valence-corrected chi connectivity index (χ4v) is 1.31. The van der Waals surface area contributed by atoms with Crippen LogP contribution >= 0.6 is 0 Å². The van der Waals surface area contributed by atoms with Crippen molar-refractivity contribution in [3.63, 3.8) is 0 Å². The zero-order valence-electron chi connectivity index (χ0n) is 9.03. The molecule has 1 atom stereocenters. The molecule has 0 radical (unpaired) electrons. The van der Waals surface area contributed by atoms with Gasteiger partial charge >= 0.3 is 0 Å². The van der Waals surface area contributed by atoms with Gasteiger partial charge in [-0.2, -0.15) is 0 Å². The Morgan fingerprint density at radius 3 is 2.08 bits per heavy atom. The fourth-order valence-electron chi connectivity index (χ4n) is 1.31. The predicted octanol–water partition coefficient (Wildman–Crippen LogP) is 3.47. The van der Waals surface area contributed by atoms with Crippen LogP contribution in [0.5, 0.6) is 0 Å². The molecule has 0 amide bonds. The SMILES string of the molecule is CCCCCCCC(C)(N)CC. The molecule has 0 saturated carbocycles. The van der Waals surface area contributed by atoms with Gasteiger partial charge in [-0.05, 0) is 19.8 Å². The largest absolute Gasteiger partial charge is 0.325 e. The van der Waals surface area contributed by atoms with Gasteiger partial charge in [0.25, 0.3) is 0 Å². The first-order valence-corrected chi connectivity index (χ1v) is 5.41. The number of rotatable bonds is 7. The molecule has 1 nitrogen and oxygen atoms in total. The van der Waals surface area contributed by atoms with E-state index in [1.807, 2.05) is 0 Å². The van der Waals surface area contributed by atoms with Crippen molar-refractivity contribution in [2.45, 2.75) is 71.3 Å². The van der Waals surface area contributed by atoms with E-state index in [4.69, 9.17) is 5.73 Å². The molecule has 2 N–H and O–H groups in total. The Kier molecular flexibility index (Phi) is 6.45. The van der Waals surface area contributed by atoms with E-state index in [9.17, 15) is 0 Å². The van der Waals surface area contributed by atoms with Gasteiger partial charge in [-0.15, -0.1) is 0 Å². The average molecular weight is 171 g/mol. The Balaban J connectivity index is 3.19. The van der Waals surface area contributed by atoms with Crippen LogP contribution in [-0.4, -0.2) is 5.54 Å². The molecule has 0 aliphatic rings. The first-order chi connectivity index (χ1) is 5.62. The number of nitrogens with two attached hydrogens (primary N) is 1. The molecule has 0 fully saturated rings. The standard InChI is InChI=1S/C11H25N/c1-4-6-7-8-9-10-11(3,12)5-2/h4-10,12H2,1-3H3. The first-order valence-electron chi connectivity index (χ1n) is 5.41. The average Bonchev–Trinajstić information content (AvgIpc) is 2.04. The maximum Gasteiger partial charge on any atom is 0.0123 e. The molecule has 0 heterocycles. The van der Waals surface area contributed by atoms with Crippen molar-refractivity contribution in [2.24, 2.45) is 5.73 Å². The zero-order valence-corrected chi connectivity index (χ0v) is 9.03. The minimum absolute atomic E-state index is 0.0895. The summed E-state index contributed by atoms with van der Waals surface area (Å²) in [5.41, 5.74) is 6.12. The van der Waals surface area contributed by atoms with E-state index in [0.29, 0.717) is 0 Å². The van der Waals surface area contributed by atoms with Crippen molar-refractivity contribution < 1.29 is 0 Å². The summed E-state index contributed by atoms with van der Waals surface area (Å²) in [5, 5.41) is 0. The highest BCUT2D eigenvalue weighted by molar-refractivity contribution is 4.75. The van der Waals surface area contributed by atoms with E-state index in [-0.39, 0.29) is 5.54 Å². The van der Waals surface area contributed by atoms with Crippen LogP contribution in [0.2, 0.25) is 0 Å². The molecule has 12 heavy (non-hydrogen) atoms. The summed E-state index contributed by atoms with van der Waals surface area (Å²) < 4.78 is 0. The second-order valence-corrected chi connectivity index (χ2v) is 4.17. The molecule has 0 aromatic carbocycles. The van der Waals surface area contributed by atoms with E-state index < -0.39 is 0 Å². The maximum absolute atomic E-state index is 6.03. The number of hydrogen-bond acceptors (Lipinski definition) is 1. The smallest absolute Gasteiger partial charge is 0.0123 e. The van der Waals surface area contributed by atoms with E-state index in [1.54, 1.807) is 0 Å². The predicted molar refractivity (Wildman–Crippen MR) is 56.3 cm³/mol. The minimum Gasteiger partial charge on any atom is -0.325 e. The van der Waals surface area contributed by atoms with Gasteiger partial charge in [0.05, 0.1) is 0 Å². The maximum atomic E-state index is 6.03. The van der Waals surface area contributed by atoms with Crippen molar-refractivity contribution in [1.82, 2.24) is 0 Å². The van der Waals surface area contributed by atoms with Gasteiger partial charge in [-0.25, -0.2) is 0 Å². The lowest BCUT2D eigenvalue weighted by Gasteiger charge is -2.22. The van der Waals surface area contributed by atoms with Crippen LogP contribution in [0.3, 0.4) is 0 Å². The van der Waals surface area contributed by atoms with E-state index in [1.165, 1.54) is 38.5 Å². The summed E-state index contributed by atoms with van der Waals surface area (Å²) in [6, 6.07) is 0. The van der Waals surface area contributed by atoms with Gasteiger partial charge in [0.15, 0.2) is 0 Å². The second-order valence-electron chi connectivity index (χ2n) is 4.17. The highest BCUT2D eigenvalue weighted by atomic mass is 14.7. The third-order valence-corrected chi connectivity index (χ3v) is 2.66. The van der Waals surface area contributed by atoms with E-state index in [2.05, 4.69) is 20.8 Å². The van der Waals surface area contributed by atoms with Crippen LogP contribution in [0, 0.1) is 0 Å². The molecule has 0 saturated heterocycles. The Hall–Kier alpha value is -0.0400. The van der Waals surface area contributed by atoms with Crippen LogP contribution in [0.25, 0.3) is 0 Å². The van der Waals surface area contributed by atoms with Gasteiger partial charge in [0, 0.05) is 5.54 Å². The van der Waals surface area contributed by atoms with Crippen molar-refractivity contribution in [1.29, 1.82) is 0 Å². The Labute approximate surface area is 77.7 Å². The summed E-state index contributed by atoms with van der Waals surface area (Å²) in [7, 11) is 0. The zero-order chi connectivity index (χ0) is 9.45. The Morgan fingerprint density at radius 1 is 1.00 bits per heavy atom. The van der Waals surface area contributed by atoms with Crippen molar-refractivity contribution in [3.8, 4) is 0 Å². The molecule has 0 aliphatic heterocycles. The van der Waals surface area contributed by atoms with Crippen LogP contribution in [0.1, 0.15) is 65.7 Å². The van der Waals surface area contributed by atoms with Gasteiger partial charge in [0.1, 0.15) is 0 Å². The quantitative estimate of drug-likeness (QED) is 0.583. The number of unbranched alkanes of at least 4 members (excludes halogenated alkanes) is 4. The monoisotopic (exact) mass is 171 g/mol. The molecule has 0 aromatic heterocycles. The summed E-state index contributed by atoms with van der Waals surface area (Å²) in [6.45, 7) is 6.58. The molecule has 0 bridgehead atoms. The second kappa shape index (κ2) is 6.47. The summed E-state index contributed by atoms with van der Waals surface area (Å²) in [5.74, 6) is 0. The van der Waals surface area contributed by atoms with E-state index >= 15 is 0 Å². The Morgan fingerprint density at radius 2 is 1.58 bits per heavy atom. The van der Waals surface area contributed by atoms with Crippen molar-refractivity contribution in [3.05, 3.63) is 0 Å². The van der Waals surface area contributed by atoms with Gasteiger partial charge in [-0.1, -0.05) is 46.0 Å². The molecule has 0 rings (SSSR count). The fraction of sp³-hybridized carbons (Fsp3) is 1.00. The van der Waals surface area contributed by atoms with Crippen LogP contribution < -0.4 is 5.73 Å². The molecule has 0 aliphatic carbocycles. The molecule has 1 unspecified atom stereocenters. The van der Waals surface area contributed by atoms with Crippen molar-refractivity contribution in [2.75, 3.05) is 0 Å². The molecule has 74 valence electrons. The lowest BCUT2D eigenvalue weighted by atomic mass is 9.93. The third kappa shape index (κ3) is 6.66. The van der Waals surface area contributed by atoms with Crippen LogP contribution in [-0.2, 0) is 0 Å². The highest BCUT2D eigenvalue weighted by Gasteiger charge is 2.13. The minimum atomic E-state index is 0.0895. The van der Waals surface area contributed by atoms with Gasteiger partial charge in [0.2, 0.25) is 0 Å². The third-order valence-electron chi connectivity index (χ3n) is 2.66. The first kappa shape index (κ1) is 12.0. The Bertz CT molecular complexity index is 97.2. The van der Waals surface area contributed by atoms with Gasteiger partial charge < -0.3 is 5.73 Å². The van der Waals surface area contributed by atoms with Crippen LogP contribution in [0.4, 0.5) is 0 Å². The van der Waals surface area contributed by atoms with Gasteiger partial charge in [-0.3, -0.25) is 0 Å². The van der Waals surface area contributed by atoms with Crippen LogP contribution in [0.15, 0.2) is 0 Å². The molecule has 0 spiro atoms. The summed E-state index contributed by atoms with van der Waals surface area (Å²) in [6.07, 6.45) is 9.05. The lowest BCUT2D eigenvalue weighted by Crippen LogP contribution is -2.34. The summed E-state index contributed by atoms with van der Waals surface area (Å²) in [4.78, 5) is 0. The normalized spacial score (nSPS) is 16.0. The number of hydrogen-bond donors (Lipinski definition) is 1. The highest BCUT2D eigenvalue weighted by Crippen LogP contribution is 2.15. The molecule has 1 heteroatoms. The molecule has 0 aromatic rings. The lowest BCUT2D eigenvalue weighted by molar-refractivity contribution is 0.395. The summed E-state index contributed by atoms with van der Waals surface area (Å²) >= 11 is 0. The molecular weight excluding hydrogens is 146 g/mol.